The Morgan fingerprint density at radius 1 is 0.975 bits per heavy atom. The maximum Gasteiger partial charge on any atom is 0.323 e. The van der Waals surface area contributed by atoms with E-state index in [-0.39, 0.29) is 23.8 Å². The van der Waals surface area contributed by atoms with Crippen molar-refractivity contribution in [3.8, 4) is 16.9 Å². The second-order valence-corrected chi connectivity index (χ2v) is 10.4. The summed E-state index contributed by atoms with van der Waals surface area (Å²) < 4.78 is 5.47. The molecule has 0 unspecified atom stereocenters. The number of benzene rings is 3. The number of anilines is 1. The lowest BCUT2D eigenvalue weighted by Crippen LogP contribution is -2.40. The van der Waals surface area contributed by atoms with Gasteiger partial charge in [0, 0.05) is 31.7 Å². The summed E-state index contributed by atoms with van der Waals surface area (Å²) in [6.45, 7) is 1.46. The van der Waals surface area contributed by atoms with Crippen molar-refractivity contribution in [2.24, 2.45) is 5.92 Å². The van der Waals surface area contributed by atoms with Gasteiger partial charge >= 0.3 is 6.03 Å². The third-order valence-corrected chi connectivity index (χ3v) is 7.88. The molecule has 7 nitrogen and oxygen atoms in total. The topological polar surface area (TPSA) is 83.6 Å². The Labute approximate surface area is 234 Å². The Hall–Kier alpha value is -4.65. The van der Waals surface area contributed by atoms with Crippen LogP contribution in [-0.4, -0.2) is 35.5 Å². The predicted octanol–water partition coefficient (Wildman–Crippen LogP) is 5.77. The van der Waals surface area contributed by atoms with Crippen molar-refractivity contribution >= 4 is 17.8 Å². The monoisotopic (exact) mass is 532 g/mol. The average molecular weight is 533 g/mol. The second-order valence-electron chi connectivity index (χ2n) is 10.4. The Kier molecular flexibility index (Phi) is 7.19. The SMILES string of the molecule is COc1cccc(-c2ccc(CNC(=O)[C@H]3C[C@@H]3c3ccccc3)c3c2CCN(C(=O)Nc2ccccn2)C3)c1. The van der Waals surface area contributed by atoms with E-state index in [9.17, 15) is 9.59 Å². The molecule has 2 N–H and O–H groups in total. The van der Waals surface area contributed by atoms with Crippen LogP contribution in [0.4, 0.5) is 10.6 Å². The molecule has 0 bridgehead atoms. The quantitative estimate of drug-likeness (QED) is 0.317. The number of pyridine rings is 1. The number of fused-ring (bicyclic) bond motifs is 1. The number of carbonyl (C=O) groups excluding carboxylic acids is 2. The van der Waals surface area contributed by atoms with Crippen molar-refractivity contribution in [3.63, 3.8) is 0 Å². The van der Waals surface area contributed by atoms with Crippen molar-refractivity contribution in [1.82, 2.24) is 15.2 Å². The van der Waals surface area contributed by atoms with Gasteiger partial charge < -0.3 is 15.0 Å². The minimum Gasteiger partial charge on any atom is -0.497 e. The lowest BCUT2D eigenvalue weighted by molar-refractivity contribution is -0.122. The lowest BCUT2D eigenvalue weighted by atomic mass is 9.87. The highest BCUT2D eigenvalue weighted by molar-refractivity contribution is 5.88. The van der Waals surface area contributed by atoms with E-state index in [1.54, 1.807) is 19.4 Å². The zero-order chi connectivity index (χ0) is 27.5. The normalized spacial score (nSPS) is 17.5. The number of hydrogen-bond acceptors (Lipinski definition) is 4. The van der Waals surface area contributed by atoms with Crippen molar-refractivity contribution < 1.29 is 14.3 Å². The van der Waals surface area contributed by atoms with E-state index in [1.165, 1.54) is 11.1 Å². The van der Waals surface area contributed by atoms with Crippen LogP contribution in [0.3, 0.4) is 0 Å². The summed E-state index contributed by atoms with van der Waals surface area (Å²) >= 11 is 0. The molecule has 1 aliphatic heterocycles. The van der Waals surface area contributed by atoms with E-state index in [0.29, 0.717) is 31.9 Å². The summed E-state index contributed by atoms with van der Waals surface area (Å²) in [5.74, 6) is 1.70. The van der Waals surface area contributed by atoms with Gasteiger partial charge in [-0.3, -0.25) is 10.1 Å². The van der Waals surface area contributed by atoms with E-state index in [4.69, 9.17) is 4.74 Å². The van der Waals surface area contributed by atoms with Gasteiger partial charge in [0.1, 0.15) is 11.6 Å². The molecule has 2 aliphatic rings. The fourth-order valence-corrected chi connectivity index (χ4v) is 5.63. The van der Waals surface area contributed by atoms with Crippen LogP contribution >= 0.6 is 0 Å². The Bertz CT molecular complexity index is 1520. The average Bonchev–Trinajstić information content (AvgIpc) is 3.82. The van der Waals surface area contributed by atoms with Crippen LogP contribution in [0.1, 0.15) is 34.6 Å². The molecule has 6 rings (SSSR count). The van der Waals surface area contributed by atoms with Crippen molar-refractivity contribution in [2.45, 2.75) is 31.8 Å². The van der Waals surface area contributed by atoms with Crippen LogP contribution in [0.2, 0.25) is 0 Å². The van der Waals surface area contributed by atoms with Gasteiger partial charge in [-0.15, -0.1) is 0 Å². The van der Waals surface area contributed by atoms with Crippen LogP contribution in [0, 0.1) is 5.92 Å². The first-order chi connectivity index (χ1) is 19.6. The number of nitrogens with one attached hydrogen (secondary N) is 2. The number of nitrogens with zero attached hydrogens (tertiary/aromatic N) is 2. The molecule has 3 amide bonds. The smallest absolute Gasteiger partial charge is 0.323 e. The van der Waals surface area contributed by atoms with E-state index in [2.05, 4.69) is 45.9 Å². The molecule has 1 aliphatic carbocycles. The molecule has 0 saturated heterocycles. The van der Waals surface area contributed by atoms with E-state index < -0.39 is 0 Å². The van der Waals surface area contributed by atoms with Crippen molar-refractivity contribution in [1.29, 1.82) is 0 Å². The predicted molar refractivity (Wildman–Crippen MR) is 155 cm³/mol. The number of ether oxygens (including phenoxy) is 1. The first kappa shape index (κ1) is 25.6. The highest BCUT2D eigenvalue weighted by Gasteiger charge is 2.43. The minimum absolute atomic E-state index is 0.00920. The second kappa shape index (κ2) is 11.2. The largest absolute Gasteiger partial charge is 0.497 e. The number of hydrogen-bond donors (Lipinski definition) is 2. The molecule has 1 fully saturated rings. The molecule has 2 atom stereocenters. The van der Waals surface area contributed by atoms with Gasteiger partial charge in [-0.2, -0.15) is 0 Å². The summed E-state index contributed by atoms with van der Waals surface area (Å²) in [5, 5.41) is 6.09. The Morgan fingerprint density at radius 2 is 1.82 bits per heavy atom. The zero-order valence-electron chi connectivity index (χ0n) is 22.5. The zero-order valence-corrected chi connectivity index (χ0v) is 22.5. The Balaban J connectivity index is 1.24. The first-order valence-electron chi connectivity index (χ1n) is 13.7. The lowest BCUT2D eigenvalue weighted by Gasteiger charge is -2.32. The molecule has 1 aromatic heterocycles. The van der Waals surface area contributed by atoms with Gasteiger partial charge in [-0.25, -0.2) is 9.78 Å². The number of amides is 3. The number of carbonyl (C=O) groups is 2. The van der Waals surface area contributed by atoms with Gasteiger partial charge in [0.15, 0.2) is 0 Å². The number of aromatic nitrogens is 1. The van der Waals surface area contributed by atoms with Gasteiger partial charge in [0.25, 0.3) is 0 Å². The molecule has 2 heterocycles. The highest BCUT2D eigenvalue weighted by atomic mass is 16.5. The molecule has 7 heteroatoms. The fraction of sp³-hybridized carbons (Fsp3) is 0.242. The maximum atomic E-state index is 13.2. The summed E-state index contributed by atoms with van der Waals surface area (Å²) in [4.78, 5) is 32.2. The standard InChI is InChI=1S/C33H32N4O3/c1-40-25-11-7-10-23(18-25)26-14-13-24(20-35-32(38)29-19-28(29)22-8-3-2-4-9-22)30-21-37(17-15-27(26)30)33(39)36-31-12-5-6-16-34-31/h2-14,16,18,28-29H,15,17,19-21H2,1H3,(H,35,38)(H,34,36,39)/t28-,29+/m1/s1. The van der Waals surface area contributed by atoms with E-state index in [1.807, 2.05) is 53.4 Å². The van der Waals surface area contributed by atoms with Crippen LogP contribution in [0.15, 0.2) is 91.1 Å². The molecular weight excluding hydrogens is 500 g/mol. The summed E-state index contributed by atoms with van der Waals surface area (Å²) in [5.41, 5.74) is 6.73. The number of rotatable bonds is 7. The summed E-state index contributed by atoms with van der Waals surface area (Å²) in [6.07, 6.45) is 3.24. The van der Waals surface area contributed by atoms with Crippen molar-refractivity contribution in [3.05, 3.63) is 113 Å². The third kappa shape index (κ3) is 5.41. The van der Waals surface area contributed by atoms with Crippen LogP contribution in [-0.2, 0) is 24.3 Å². The number of urea groups is 1. The highest BCUT2D eigenvalue weighted by Crippen LogP contribution is 2.47. The fourth-order valence-electron chi connectivity index (χ4n) is 5.63. The molecule has 0 spiro atoms. The molecular formula is C33H32N4O3. The van der Waals surface area contributed by atoms with Crippen LogP contribution in [0.25, 0.3) is 11.1 Å². The van der Waals surface area contributed by atoms with Crippen molar-refractivity contribution in [2.75, 3.05) is 19.0 Å². The molecule has 1 saturated carbocycles. The maximum absolute atomic E-state index is 13.2. The van der Waals surface area contributed by atoms with Gasteiger partial charge in [0.05, 0.1) is 7.11 Å². The third-order valence-electron chi connectivity index (χ3n) is 7.88. The first-order valence-corrected chi connectivity index (χ1v) is 13.7. The van der Waals surface area contributed by atoms with E-state index in [0.717, 1.165) is 34.4 Å². The summed E-state index contributed by atoms with van der Waals surface area (Å²) in [7, 11) is 1.67. The Morgan fingerprint density at radius 3 is 2.62 bits per heavy atom. The minimum atomic E-state index is -0.185. The van der Waals surface area contributed by atoms with E-state index >= 15 is 0 Å². The molecule has 40 heavy (non-hydrogen) atoms. The van der Waals surface area contributed by atoms with Gasteiger partial charge in [0.2, 0.25) is 5.91 Å². The molecule has 202 valence electrons. The van der Waals surface area contributed by atoms with Crippen LogP contribution in [0.5, 0.6) is 5.75 Å². The van der Waals surface area contributed by atoms with Crippen LogP contribution < -0.4 is 15.4 Å². The summed E-state index contributed by atoms with van der Waals surface area (Å²) in [6, 6.07) is 27.7. The molecule has 0 radical (unpaired) electrons. The van der Waals surface area contributed by atoms with Gasteiger partial charge in [-0.05, 0) is 76.4 Å². The molecule has 3 aromatic carbocycles. The number of methoxy groups -OCH3 is 1. The van der Waals surface area contributed by atoms with Gasteiger partial charge in [-0.1, -0.05) is 60.7 Å². The molecule has 4 aromatic rings.